The maximum atomic E-state index is 14.9. The molecule has 1 atom stereocenters. The predicted octanol–water partition coefficient (Wildman–Crippen LogP) is 3.56. The molecule has 1 aliphatic heterocycles. The van der Waals surface area contributed by atoms with Crippen molar-refractivity contribution in [3.05, 3.63) is 58.3 Å². The molecule has 212 valence electrons. The minimum absolute atomic E-state index is 0.0474. The fraction of sp³-hybridized carbons (Fsp3) is 0.462. The first kappa shape index (κ1) is 28.7. The molecule has 0 bridgehead atoms. The van der Waals surface area contributed by atoms with Crippen molar-refractivity contribution in [3.63, 3.8) is 0 Å². The highest BCUT2D eigenvalue weighted by atomic mass is 32.2. The van der Waals surface area contributed by atoms with Crippen LogP contribution in [-0.2, 0) is 9.84 Å². The SMILES string of the molecule is C[C@@H](n1c(=O)n(-c2cc(OC(F)F)ccc2F)c2ccc(C(=O)NC3(C)CCS(=O)(=O)CC3)cc21)C(C)(C)O. The average Bonchev–Trinajstić information content (AvgIpc) is 3.11. The van der Waals surface area contributed by atoms with Crippen molar-refractivity contribution in [2.24, 2.45) is 0 Å². The van der Waals surface area contributed by atoms with E-state index in [1.165, 1.54) is 36.6 Å². The lowest BCUT2D eigenvalue weighted by Crippen LogP contribution is -2.50. The van der Waals surface area contributed by atoms with Gasteiger partial charge in [-0.3, -0.25) is 13.9 Å². The van der Waals surface area contributed by atoms with Gasteiger partial charge in [0.2, 0.25) is 0 Å². The number of aromatic nitrogens is 2. The molecule has 1 fully saturated rings. The summed E-state index contributed by atoms with van der Waals surface area (Å²) in [6, 6.07) is 6.30. The topological polar surface area (TPSA) is 120 Å². The number of halogens is 3. The Hall–Kier alpha value is -3.32. The highest BCUT2D eigenvalue weighted by molar-refractivity contribution is 7.91. The normalized spacial score (nSPS) is 17.8. The Morgan fingerprint density at radius 2 is 1.77 bits per heavy atom. The molecule has 3 aromatic rings. The molecule has 9 nitrogen and oxygen atoms in total. The van der Waals surface area contributed by atoms with E-state index in [1.807, 2.05) is 0 Å². The van der Waals surface area contributed by atoms with Crippen LogP contribution in [0.1, 0.15) is 56.9 Å². The highest BCUT2D eigenvalue weighted by Gasteiger charge is 2.35. The maximum absolute atomic E-state index is 14.9. The number of amides is 1. The number of fused-ring (bicyclic) bond motifs is 1. The first-order valence-electron chi connectivity index (χ1n) is 12.3. The number of carbonyl (C=O) groups is 1. The molecule has 0 unspecified atom stereocenters. The third-order valence-electron chi connectivity index (χ3n) is 7.27. The Morgan fingerprint density at radius 1 is 1.13 bits per heavy atom. The second-order valence-electron chi connectivity index (χ2n) is 10.7. The second kappa shape index (κ2) is 10.0. The zero-order valence-electron chi connectivity index (χ0n) is 21.9. The minimum Gasteiger partial charge on any atom is -0.435 e. The van der Waals surface area contributed by atoms with Gasteiger partial charge in [-0.2, -0.15) is 8.78 Å². The smallest absolute Gasteiger partial charge is 0.387 e. The van der Waals surface area contributed by atoms with Crippen molar-refractivity contribution in [2.75, 3.05) is 11.5 Å². The van der Waals surface area contributed by atoms with Crippen LogP contribution >= 0.6 is 0 Å². The van der Waals surface area contributed by atoms with Crippen molar-refractivity contribution >= 4 is 26.8 Å². The molecule has 0 saturated carbocycles. The van der Waals surface area contributed by atoms with Gasteiger partial charge < -0.3 is 15.2 Å². The van der Waals surface area contributed by atoms with Gasteiger partial charge in [0.05, 0.1) is 39.9 Å². The average molecular weight is 570 g/mol. The molecule has 1 saturated heterocycles. The summed E-state index contributed by atoms with van der Waals surface area (Å²) in [5.41, 5.74) is -2.78. The first-order valence-corrected chi connectivity index (χ1v) is 14.1. The number of nitrogens with zero attached hydrogens (tertiary/aromatic N) is 2. The van der Waals surface area contributed by atoms with Crippen LogP contribution in [0.3, 0.4) is 0 Å². The number of alkyl halides is 2. The van der Waals surface area contributed by atoms with Crippen molar-refractivity contribution in [2.45, 2.75) is 64.3 Å². The summed E-state index contributed by atoms with van der Waals surface area (Å²) in [7, 11) is -3.15. The molecule has 4 rings (SSSR count). The number of imidazole rings is 1. The molecular weight excluding hydrogens is 539 g/mol. The third-order valence-corrected chi connectivity index (χ3v) is 8.93. The summed E-state index contributed by atoms with van der Waals surface area (Å²) in [6.07, 6.45) is 0.493. The molecule has 13 heteroatoms. The second-order valence-corrected chi connectivity index (χ2v) is 13.0. The first-order chi connectivity index (χ1) is 18.0. The van der Waals surface area contributed by atoms with Gasteiger partial charge in [-0.1, -0.05) is 0 Å². The number of aliphatic hydroxyl groups is 1. The number of hydrogen-bond donors (Lipinski definition) is 2. The van der Waals surface area contributed by atoms with Gasteiger partial charge in [-0.05, 0) is 70.9 Å². The summed E-state index contributed by atoms with van der Waals surface area (Å²) in [6.45, 7) is 3.15. The quantitative estimate of drug-likeness (QED) is 0.449. The predicted molar refractivity (Wildman–Crippen MR) is 139 cm³/mol. The Kier molecular flexibility index (Phi) is 7.36. The van der Waals surface area contributed by atoms with E-state index in [4.69, 9.17) is 0 Å². The minimum atomic E-state index is -3.16. The van der Waals surface area contributed by atoms with E-state index in [-0.39, 0.29) is 52.4 Å². The standard InChI is InChI=1S/C26H30F3N3O6S/c1-15(25(2,3)35)31-21-13-16(22(33)30-26(4)9-11-39(36,37)12-10-26)5-8-19(21)32(24(31)34)20-14-17(38-23(28)29)6-7-18(20)27/h5-8,13-15,23,35H,9-12H2,1-4H3,(H,30,33)/t15-/m1/s1. The molecule has 1 aromatic heterocycles. The van der Waals surface area contributed by atoms with Crippen molar-refractivity contribution in [3.8, 4) is 11.4 Å². The van der Waals surface area contributed by atoms with Crippen LogP contribution in [0.5, 0.6) is 5.75 Å². The van der Waals surface area contributed by atoms with Crippen molar-refractivity contribution in [1.29, 1.82) is 0 Å². The Morgan fingerprint density at radius 3 is 2.36 bits per heavy atom. The van der Waals surface area contributed by atoms with Gasteiger partial charge in [-0.25, -0.2) is 17.6 Å². The molecular formula is C26H30F3N3O6S. The van der Waals surface area contributed by atoms with E-state index in [0.29, 0.717) is 0 Å². The maximum Gasteiger partial charge on any atom is 0.387 e. The van der Waals surface area contributed by atoms with Gasteiger partial charge in [-0.15, -0.1) is 0 Å². The lowest BCUT2D eigenvalue weighted by molar-refractivity contribution is -0.0498. The Balaban J connectivity index is 1.85. The molecule has 2 aromatic carbocycles. The van der Waals surface area contributed by atoms with Crippen LogP contribution in [0.25, 0.3) is 16.7 Å². The van der Waals surface area contributed by atoms with Crippen LogP contribution in [0.2, 0.25) is 0 Å². The van der Waals surface area contributed by atoms with Gasteiger partial charge in [0.15, 0.2) is 0 Å². The molecule has 39 heavy (non-hydrogen) atoms. The number of sulfone groups is 1. The van der Waals surface area contributed by atoms with E-state index in [9.17, 15) is 36.3 Å². The molecule has 0 spiro atoms. The van der Waals surface area contributed by atoms with E-state index in [0.717, 1.165) is 22.8 Å². The largest absolute Gasteiger partial charge is 0.435 e. The number of rotatable bonds is 7. The van der Waals surface area contributed by atoms with Crippen LogP contribution in [0.15, 0.2) is 41.2 Å². The van der Waals surface area contributed by atoms with Crippen molar-refractivity contribution < 1.29 is 36.2 Å². The summed E-state index contributed by atoms with van der Waals surface area (Å²) in [5.74, 6) is -1.83. The van der Waals surface area contributed by atoms with Gasteiger partial charge in [0.25, 0.3) is 5.91 Å². The summed E-state index contributed by atoms with van der Waals surface area (Å²) >= 11 is 0. The molecule has 1 aliphatic rings. The molecule has 0 aliphatic carbocycles. The Labute approximate surface area is 223 Å². The number of carbonyl (C=O) groups excluding carboxylic acids is 1. The lowest BCUT2D eigenvalue weighted by atomic mass is 9.94. The zero-order valence-corrected chi connectivity index (χ0v) is 22.7. The van der Waals surface area contributed by atoms with Gasteiger partial charge >= 0.3 is 12.3 Å². The highest BCUT2D eigenvalue weighted by Crippen LogP contribution is 2.30. The lowest BCUT2D eigenvalue weighted by Gasteiger charge is -2.34. The van der Waals surface area contributed by atoms with Crippen LogP contribution < -0.4 is 15.7 Å². The van der Waals surface area contributed by atoms with Crippen LogP contribution in [-0.4, -0.2) is 57.8 Å². The molecule has 1 amide bonds. The van der Waals surface area contributed by atoms with Crippen LogP contribution in [0.4, 0.5) is 13.2 Å². The monoisotopic (exact) mass is 569 g/mol. The molecule has 2 heterocycles. The zero-order chi connectivity index (χ0) is 28.9. The van der Waals surface area contributed by atoms with Crippen molar-refractivity contribution in [1.82, 2.24) is 14.5 Å². The van der Waals surface area contributed by atoms with E-state index in [2.05, 4.69) is 10.1 Å². The van der Waals surface area contributed by atoms with Gasteiger partial charge in [0.1, 0.15) is 21.4 Å². The molecule has 2 N–H and O–H groups in total. The number of ether oxygens (including phenoxy) is 1. The number of nitrogens with one attached hydrogen (secondary N) is 1. The van der Waals surface area contributed by atoms with Gasteiger partial charge in [0, 0.05) is 17.2 Å². The molecule has 0 radical (unpaired) electrons. The summed E-state index contributed by atoms with van der Waals surface area (Å²) in [4.78, 5) is 26.9. The third kappa shape index (κ3) is 5.83. The fourth-order valence-corrected chi connectivity index (χ4v) is 6.31. The van der Waals surface area contributed by atoms with E-state index >= 15 is 0 Å². The fourth-order valence-electron chi connectivity index (χ4n) is 4.58. The summed E-state index contributed by atoms with van der Waals surface area (Å²) in [5, 5.41) is 13.6. The van der Waals surface area contributed by atoms with Crippen LogP contribution in [0, 0.1) is 5.82 Å². The van der Waals surface area contributed by atoms with E-state index < -0.39 is 51.0 Å². The Bertz CT molecular complexity index is 1580. The number of benzene rings is 2. The number of hydrogen-bond acceptors (Lipinski definition) is 6. The summed E-state index contributed by atoms with van der Waals surface area (Å²) < 4.78 is 70.8. The van der Waals surface area contributed by atoms with E-state index in [1.54, 1.807) is 13.8 Å².